The maximum Gasteiger partial charge on any atom is 0.305 e. The summed E-state index contributed by atoms with van der Waals surface area (Å²) < 4.78 is 9.43. The van der Waals surface area contributed by atoms with E-state index in [4.69, 9.17) is 4.74 Å². The number of esters is 2. The van der Waals surface area contributed by atoms with Crippen LogP contribution in [0.15, 0.2) is 0 Å². The average molecular weight is 262 g/mol. The summed E-state index contributed by atoms with van der Waals surface area (Å²) in [6.45, 7) is 0.390. The maximum atomic E-state index is 11.1. The number of carbonyl (C=O) groups is 2. The molecule has 0 saturated carbocycles. The predicted octanol–water partition coefficient (Wildman–Crippen LogP) is 2.36. The Labute approximate surface area is 108 Å². The van der Waals surface area contributed by atoms with Crippen molar-refractivity contribution in [1.29, 1.82) is 0 Å². The summed E-state index contributed by atoms with van der Waals surface area (Å²) in [5.41, 5.74) is 0. The van der Waals surface area contributed by atoms with Crippen LogP contribution in [0.25, 0.3) is 0 Å². The molecule has 4 nitrogen and oxygen atoms in total. The molecule has 0 aliphatic heterocycles. The van der Waals surface area contributed by atoms with Gasteiger partial charge in [-0.3, -0.25) is 9.59 Å². The molecular formula is C12H22O4S. The molecule has 0 aliphatic carbocycles. The summed E-state index contributed by atoms with van der Waals surface area (Å²) in [6, 6.07) is 0. The second-order valence-corrected chi connectivity index (χ2v) is 4.24. The second-order valence-electron chi connectivity index (χ2n) is 3.79. The molecular weight excluding hydrogens is 240 g/mol. The highest BCUT2D eigenvalue weighted by Gasteiger charge is 2.02. The van der Waals surface area contributed by atoms with E-state index in [1.54, 1.807) is 0 Å². The van der Waals surface area contributed by atoms with Crippen molar-refractivity contribution in [2.45, 2.75) is 44.9 Å². The molecule has 17 heavy (non-hydrogen) atoms. The summed E-state index contributed by atoms with van der Waals surface area (Å²) in [7, 11) is 1.40. The molecule has 0 N–H and O–H groups in total. The van der Waals surface area contributed by atoms with Crippen molar-refractivity contribution in [3.05, 3.63) is 0 Å². The Hall–Kier alpha value is -0.710. The number of rotatable bonds is 10. The third-order valence-electron chi connectivity index (χ3n) is 2.34. The Kier molecular flexibility index (Phi) is 11.3. The van der Waals surface area contributed by atoms with Crippen LogP contribution in [0.3, 0.4) is 0 Å². The lowest BCUT2D eigenvalue weighted by molar-refractivity contribution is -0.143. The van der Waals surface area contributed by atoms with E-state index in [1.807, 2.05) is 0 Å². The number of ether oxygens (including phenoxy) is 2. The molecule has 0 aromatic rings. The largest absolute Gasteiger partial charge is 0.469 e. The molecule has 0 amide bonds. The van der Waals surface area contributed by atoms with E-state index in [9.17, 15) is 9.59 Å². The van der Waals surface area contributed by atoms with E-state index in [0.29, 0.717) is 25.2 Å². The monoisotopic (exact) mass is 262 g/mol. The number of hydrogen-bond acceptors (Lipinski definition) is 5. The Morgan fingerprint density at radius 3 is 2.00 bits per heavy atom. The molecule has 0 saturated heterocycles. The normalized spacial score (nSPS) is 10.0. The van der Waals surface area contributed by atoms with Crippen molar-refractivity contribution in [2.75, 3.05) is 19.5 Å². The third-order valence-corrected chi connectivity index (χ3v) is 2.53. The van der Waals surface area contributed by atoms with Gasteiger partial charge in [-0.2, -0.15) is 12.6 Å². The molecule has 0 atom stereocenters. The van der Waals surface area contributed by atoms with Crippen LogP contribution in [0, 0.1) is 0 Å². The van der Waals surface area contributed by atoms with Crippen molar-refractivity contribution < 1.29 is 19.1 Å². The Bertz CT molecular complexity index is 219. The molecule has 0 aromatic carbocycles. The first-order valence-corrected chi connectivity index (χ1v) is 6.67. The van der Waals surface area contributed by atoms with Gasteiger partial charge in [-0.1, -0.05) is 19.3 Å². The van der Waals surface area contributed by atoms with Crippen LogP contribution in [0.5, 0.6) is 0 Å². The number of unbranched alkanes of at least 4 members (excludes halogenated alkanes) is 4. The van der Waals surface area contributed by atoms with Gasteiger partial charge in [0.25, 0.3) is 0 Å². The second kappa shape index (κ2) is 11.8. The first kappa shape index (κ1) is 16.3. The molecule has 0 aliphatic rings. The summed E-state index contributed by atoms with van der Waals surface area (Å²) in [5.74, 6) is 0.271. The van der Waals surface area contributed by atoms with Crippen molar-refractivity contribution in [3.63, 3.8) is 0 Å². The predicted molar refractivity (Wildman–Crippen MR) is 69.1 cm³/mol. The summed E-state index contributed by atoms with van der Waals surface area (Å²) in [6.07, 6.45) is 5.71. The van der Waals surface area contributed by atoms with Crippen LogP contribution >= 0.6 is 12.6 Å². The molecule has 5 heteroatoms. The lowest BCUT2D eigenvalue weighted by Gasteiger charge is -2.03. The minimum atomic E-state index is -0.152. The highest BCUT2D eigenvalue weighted by Crippen LogP contribution is 2.08. The smallest absolute Gasteiger partial charge is 0.305 e. The van der Waals surface area contributed by atoms with E-state index in [0.717, 1.165) is 32.1 Å². The van der Waals surface area contributed by atoms with E-state index < -0.39 is 0 Å². The van der Waals surface area contributed by atoms with Gasteiger partial charge in [-0.15, -0.1) is 0 Å². The molecule has 0 fully saturated rings. The molecule has 0 bridgehead atoms. The van der Waals surface area contributed by atoms with Gasteiger partial charge in [0.1, 0.15) is 6.61 Å². The average Bonchev–Trinajstić information content (AvgIpc) is 2.34. The van der Waals surface area contributed by atoms with Gasteiger partial charge in [-0.25, -0.2) is 0 Å². The molecule has 0 rings (SSSR count). The summed E-state index contributed by atoms with van der Waals surface area (Å²) in [5, 5.41) is 0. The van der Waals surface area contributed by atoms with Gasteiger partial charge in [0.15, 0.2) is 0 Å². The lowest BCUT2D eigenvalue weighted by atomic mass is 10.1. The highest BCUT2D eigenvalue weighted by atomic mass is 32.1. The van der Waals surface area contributed by atoms with E-state index >= 15 is 0 Å². The van der Waals surface area contributed by atoms with Crippen LogP contribution in [0.4, 0.5) is 0 Å². The molecule has 0 spiro atoms. The molecule has 0 unspecified atom stereocenters. The first-order valence-electron chi connectivity index (χ1n) is 6.04. The van der Waals surface area contributed by atoms with Crippen LogP contribution in [-0.4, -0.2) is 31.4 Å². The Balaban J connectivity index is 3.18. The zero-order chi connectivity index (χ0) is 12.9. The van der Waals surface area contributed by atoms with Crippen LogP contribution < -0.4 is 0 Å². The van der Waals surface area contributed by atoms with E-state index in [-0.39, 0.29) is 11.9 Å². The van der Waals surface area contributed by atoms with E-state index in [2.05, 4.69) is 17.4 Å². The van der Waals surface area contributed by atoms with Gasteiger partial charge in [-0.05, 0) is 12.8 Å². The lowest BCUT2D eigenvalue weighted by Crippen LogP contribution is -2.06. The molecule has 100 valence electrons. The maximum absolute atomic E-state index is 11.1. The molecule has 0 aromatic heterocycles. The fraction of sp³-hybridized carbons (Fsp3) is 0.833. The van der Waals surface area contributed by atoms with Crippen molar-refractivity contribution in [2.24, 2.45) is 0 Å². The van der Waals surface area contributed by atoms with Crippen molar-refractivity contribution in [1.82, 2.24) is 0 Å². The van der Waals surface area contributed by atoms with Crippen molar-refractivity contribution in [3.8, 4) is 0 Å². The highest BCUT2D eigenvalue weighted by molar-refractivity contribution is 7.80. The van der Waals surface area contributed by atoms with Gasteiger partial charge in [0.2, 0.25) is 0 Å². The fourth-order valence-corrected chi connectivity index (χ4v) is 1.49. The summed E-state index contributed by atoms with van der Waals surface area (Å²) in [4.78, 5) is 21.9. The quantitative estimate of drug-likeness (QED) is 0.373. The molecule has 0 heterocycles. The number of carbonyl (C=O) groups excluding carboxylic acids is 2. The Morgan fingerprint density at radius 2 is 1.47 bits per heavy atom. The van der Waals surface area contributed by atoms with Gasteiger partial charge >= 0.3 is 11.9 Å². The minimum absolute atomic E-state index is 0.145. The van der Waals surface area contributed by atoms with Crippen LogP contribution in [-0.2, 0) is 19.1 Å². The number of thiol groups is 1. The van der Waals surface area contributed by atoms with Gasteiger partial charge in [0, 0.05) is 18.6 Å². The third kappa shape index (κ3) is 11.6. The van der Waals surface area contributed by atoms with Crippen LogP contribution in [0.2, 0.25) is 0 Å². The van der Waals surface area contributed by atoms with Gasteiger partial charge in [0.05, 0.1) is 7.11 Å². The molecule has 0 radical (unpaired) electrons. The topological polar surface area (TPSA) is 52.6 Å². The van der Waals surface area contributed by atoms with Crippen molar-refractivity contribution >= 4 is 24.6 Å². The zero-order valence-electron chi connectivity index (χ0n) is 10.4. The minimum Gasteiger partial charge on any atom is -0.469 e. The van der Waals surface area contributed by atoms with Crippen LogP contribution in [0.1, 0.15) is 44.9 Å². The SMILES string of the molecule is COC(=O)CCCCCCCC(=O)OCCS. The standard InChI is InChI=1S/C12H22O4S/c1-15-11(13)7-5-3-2-4-6-8-12(14)16-9-10-17/h17H,2-10H2,1H3. The Morgan fingerprint density at radius 1 is 0.941 bits per heavy atom. The number of methoxy groups -OCH3 is 1. The zero-order valence-corrected chi connectivity index (χ0v) is 11.3. The summed E-state index contributed by atoms with van der Waals surface area (Å²) >= 11 is 3.95. The van der Waals surface area contributed by atoms with E-state index in [1.165, 1.54) is 7.11 Å². The number of hydrogen-bond donors (Lipinski definition) is 1. The first-order chi connectivity index (χ1) is 8.20. The fourth-order valence-electron chi connectivity index (χ4n) is 1.40. The van der Waals surface area contributed by atoms with Gasteiger partial charge < -0.3 is 9.47 Å².